The van der Waals surface area contributed by atoms with Crippen LogP contribution in [-0.4, -0.2) is 28.9 Å². The number of hydrogen-bond donors (Lipinski definition) is 1. The van der Waals surface area contributed by atoms with Gasteiger partial charge in [-0.15, -0.1) is 0 Å². The SMILES string of the molecule is COC(=O)c1cc(NC(=O)c2ccncc2Cl)cc([N+](=O)[O-])c1. The summed E-state index contributed by atoms with van der Waals surface area (Å²) in [4.78, 5) is 37.7. The second-order valence-corrected chi connectivity index (χ2v) is 4.73. The van der Waals surface area contributed by atoms with Gasteiger partial charge in [0.05, 0.1) is 28.2 Å². The zero-order valence-corrected chi connectivity index (χ0v) is 12.5. The highest BCUT2D eigenvalue weighted by atomic mass is 35.5. The molecule has 118 valence electrons. The van der Waals surface area contributed by atoms with Crippen molar-refractivity contribution < 1.29 is 19.2 Å². The van der Waals surface area contributed by atoms with Gasteiger partial charge in [0.2, 0.25) is 0 Å². The van der Waals surface area contributed by atoms with E-state index >= 15 is 0 Å². The highest BCUT2D eigenvalue weighted by Crippen LogP contribution is 2.23. The number of pyridine rings is 1. The molecule has 1 aromatic carbocycles. The van der Waals surface area contributed by atoms with Crippen molar-refractivity contribution in [2.45, 2.75) is 0 Å². The molecule has 0 aliphatic rings. The number of nitro benzene ring substituents is 1. The number of rotatable bonds is 4. The Labute approximate surface area is 135 Å². The Bertz CT molecular complexity index is 794. The third-order valence-corrected chi connectivity index (χ3v) is 3.13. The van der Waals surface area contributed by atoms with Crippen LogP contribution in [0.25, 0.3) is 0 Å². The first-order valence-electron chi connectivity index (χ1n) is 6.21. The minimum atomic E-state index is -0.758. The van der Waals surface area contributed by atoms with Gasteiger partial charge in [-0.25, -0.2) is 4.79 Å². The number of amides is 1. The van der Waals surface area contributed by atoms with Crippen LogP contribution >= 0.6 is 11.6 Å². The number of nitrogens with one attached hydrogen (secondary N) is 1. The van der Waals surface area contributed by atoms with Crippen LogP contribution in [0.4, 0.5) is 11.4 Å². The number of methoxy groups -OCH3 is 1. The fraction of sp³-hybridized carbons (Fsp3) is 0.0714. The molecule has 1 N–H and O–H groups in total. The van der Waals surface area contributed by atoms with Crippen LogP contribution in [0.5, 0.6) is 0 Å². The molecular weight excluding hydrogens is 326 g/mol. The van der Waals surface area contributed by atoms with Gasteiger partial charge in [0.15, 0.2) is 0 Å². The van der Waals surface area contributed by atoms with E-state index < -0.39 is 16.8 Å². The van der Waals surface area contributed by atoms with E-state index in [1.54, 1.807) is 0 Å². The monoisotopic (exact) mass is 335 g/mol. The Morgan fingerprint density at radius 2 is 2.09 bits per heavy atom. The maximum absolute atomic E-state index is 12.2. The van der Waals surface area contributed by atoms with Crippen LogP contribution in [0.2, 0.25) is 5.02 Å². The van der Waals surface area contributed by atoms with Gasteiger partial charge in [-0.05, 0) is 12.1 Å². The standard InChI is InChI=1S/C14H10ClN3O5/c1-23-14(20)8-4-9(6-10(5-8)18(21)22)17-13(19)11-2-3-16-7-12(11)15/h2-7H,1H3,(H,17,19). The van der Waals surface area contributed by atoms with E-state index in [0.29, 0.717) is 0 Å². The van der Waals surface area contributed by atoms with Crippen molar-refractivity contribution in [3.63, 3.8) is 0 Å². The lowest BCUT2D eigenvalue weighted by Gasteiger charge is -2.08. The lowest BCUT2D eigenvalue weighted by Crippen LogP contribution is -2.13. The van der Waals surface area contributed by atoms with Gasteiger partial charge >= 0.3 is 5.97 Å². The number of nitro groups is 1. The number of halogens is 1. The molecule has 2 aromatic rings. The van der Waals surface area contributed by atoms with Gasteiger partial charge in [0.25, 0.3) is 11.6 Å². The van der Waals surface area contributed by atoms with E-state index in [1.807, 2.05) is 0 Å². The van der Waals surface area contributed by atoms with Gasteiger partial charge in [0, 0.05) is 30.2 Å². The zero-order chi connectivity index (χ0) is 17.0. The molecule has 0 atom stereocenters. The fourth-order valence-electron chi connectivity index (χ4n) is 1.78. The minimum absolute atomic E-state index is 0.0576. The predicted octanol–water partition coefficient (Wildman–Crippen LogP) is 2.68. The molecule has 0 aliphatic carbocycles. The van der Waals surface area contributed by atoms with Crippen LogP contribution in [0.15, 0.2) is 36.7 Å². The van der Waals surface area contributed by atoms with Crippen molar-refractivity contribution in [2.75, 3.05) is 12.4 Å². The molecule has 0 fully saturated rings. The minimum Gasteiger partial charge on any atom is -0.465 e. The van der Waals surface area contributed by atoms with E-state index in [0.717, 1.165) is 19.2 Å². The zero-order valence-electron chi connectivity index (χ0n) is 11.8. The van der Waals surface area contributed by atoms with Crippen molar-refractivity contribution in [2.24, 2.45) is 0 Å². The predicted molar refractivity (Wildman–Crippen MR) is 81.6 cm³/mol. The lowest BCUT2D eigenvalue weighted by molar-refractivity contribution is -0.384. The van der Waals surface area contributed by atoms with Crippen LogP contribution in [0.3, 0.4) is 0 Å². The third kappa shape index (κ3) is 3.80. The third-order valence-electron chi connectivity index (χ3n) is 2.82. The molecule has 0 unspecified atom stereocenters. The lowest BCUT2D eigenvalue weighted by atomic mass is 10.1. The topological polar surface area (TPSA) is 111 Å². The first kappa shape index (κ1) is 16.4. The van der Waals surface area contributed by atoms with E-state index in [-0.39, 0.29) is 27.5 Å². The van der Waals surface area contributed by atoms with Crippen molar-refractivity contribution in [3.8, 4) is 0 Å². The van der Waals surface area contributed by atoms with Crippen molar-refractivity contribution in [1.82, 2.24) is 4.98 Å². The highest BCUT2D eigenvalue weighted by molar-refractivity contribution is 6.34. The van der Waals surface area contributed by atoms with Crippen molar-refractivity contribution >= 4 is 34.9 Å². The molecule has 1 heterocycles. The van der Waals surface area contributed by atoms with Gasteiger partial charge in [-0.2, -0.15) is 0 Å². The van der Waals surface area contributed by atoms with Gasteiger partial charge < -0.3 is 10.1 Å². The summed E-state index contributed by atoms with van der Waals surface area (Å²) in [5, 5.41) is 13.5. The number of non-ortho nitro benzene ring substituents is 1. The van der Waals surface area contributed by atoms with Crippen LogP contribution < -0.4 is 5.32 Å². The molecule has 0 saturated heterocycles. The van der Waals surface area contributed by atoms with Crippen molar-refractivity contribution in [1.29, 1.82) is 0 Å². The molecule has 0 spiro atoms. The van der Waals surface area contributed by atoms with E-state index in [9.17, 15) is 19.7 Å². The molecule has 2 rings (SSSR count). The first-order valence-corrected chi connectivity index (χ1v) is 6.59. The number of benzene rings is 1. The van der Waals surface area contributed by atoms with Gasteiger partial charge in [-0.1, -0.05) is 11.6 Å². The molecule has 8 nitrogen and oxygen atoms in total. The number of carbonyl (C=O) groups excluding carboxylic acids is 2. The number of esters is 1. The number of hydrogen-bond acceptors (Lipinski definition) is 6. The number of nitrogens with zero attached hydrogens (tertiary/aromatic N) is 2. The van der Waals surface area contributed by atoms with Gasteiger partial charge in [0.1, 0.15) is 0 Å². The normalized spacial score (nSPS) is 10.0. The molecule has 0 bridgehead atoms. The molecular formula is C14H10ClN3O5. The molecule has 9 heteroatoms. The van der Waals surface area contributed by atoms with Gasteiger partial charge in [-0.3, -0.25) is 19.9 Å². The summed E-state index contributed by atoms with van der Waals surface area (Å²) in [6, 6.07) is 4.85. The summed E-state index contributed by atoms with van der Waals surface area (Å²) in [5.74, 6) is -1.35. The van der Waals surface area contributed by atoms with E-state index in [4.69, 9.17) is 11.6 Å². The van der Waals surface area contributed by atoms with E-state index in [2.05, 4.69) is 15.0 Å². The summed E-state index contributed by atoms with van der Waals surface area (Å²) < 4.78 is 4.53. The molecule has 0 saturated carbocycles. The quantitative estimate of drug-likeness (QED) is 0.522. The van der Waals surface area contributed by atoms with Crippen molar-refractivity contribution in [3.05, 3.63) is 62.9 Å². The number of aromatic nitrogens is 1. The molecule has 0 aliphatic heterocycles. The second-order valence-electron chi connectivity index (χ2n) is 4.33. The molecule has 1 amide bonds. The Kier molecular flexibility index (Phi) is 4.87. The molecule has 0 radical (unpaired) electrons. The second kappa shape index (κ2) is 6.84. The van der Waals surface area contributed by atoms with Crippen LogP contribution in [0.1, 0.15) is 20.7 Å². The average Bonchev–Trinajstić information content (AvgIpc) is 2.54. The smallest absolute Gasteiger partial charge is 0.338 e. The Morgan fingerprint density at radius 3 is 2.70 bits per heavy atom. The first-order chi connectivity index (χ1) is 10.9. The Hall–Kier alpha value is -3.00. The van der Waals surface area contributed by atoms with Crippen LogP contribution in [0, 0.1) is 10.1 Å². The summed E-state index contributed by atoms with van der Waals surface area (Å²) in [6.07, 6.45) is 2.68. The molecule has 23 heavy (non-hydrogen) atoms. The molecule has 1 aromatic heterocycles. The number of carbonyl (C=O) groups is 2. The van der Waals surface area contributed by atoms with Crippen LogP contribution in [-0.2, 0) is 4.74 Å². The number of ether oxygens (including phenoxy) is 1. The van der Waals surface area contributed by atoms with E-state index in [1.165, 1.54) is 24.5 Å². The Balaban J connectivity index is 2.37. The highest BCUT2D eigenvalue weighted by Gasteiger charge is 2.17. The maximum atomic E-state index is 12.2. The Morgan fingerprint density at radius 1 is 1.35 bits per heavy atom. The summed E-state index contributed by atoms with van der Waals surface area (Å²) >= 11 is 5.87. The fourth-order valence-corrected chi connectivity index (χ4v) is 1.99. The maximum Gasteiger partial charge on any atom is 0.338 e. The summed E-state index contributed by atoms with van der Waals surface area (Å²) in [5.41, 5.74) is -0.202. The average molecular weight is 336 g/mol. The largest absolute Gasteiger partial charge is 0.465 e. The summed E-state index contributed by atoms with van der Waals surface area (Å²) in [6.45, 7) is 0. The number of anilines is 1. The summed E-state index contributed by atoms with van der Waals surface area (Å²) in [7, 11) is 1.15.